The van der Waals surface area contributed by atoms with Gasteiger partial charge in [-0.1, -0.05) is 25.3 Å². The molecule has 3 rings (SSSR count). The molecule has 1 saturated carbocycles. The van der Waals surface area contributed by atoms with Crippen LogP contribution in [-0.4, -0.2) is 24.5 Å². The van der Waals surface area contributed by atoms with Crippen molar-refractivity contribution >= 4 is 17.5 Å². The third-order valence-corrected chi connectivity index (χ3v) is 4.75. The van der Waals surface area contributed by atoms with Gasteiger partial charge < -0.3 is 15.4 Å². The van der Waals surface area contributed by atoms with Crippen molar-refractivity contribution in [2.24, 2.45) is 0 Å². The molecule has 0 heterocycles. The maximum atomic E-state index is 12.5. The predicted octanol–water partition coefficient (Wildman–Crippen LogP) is 4.40. The molecule has 5 nitrogen and oxygen atoms in total. The Labute approximate surface area is 160 Å². The number of ether oxygens (including phenoxy) is 1. The fraction of sp³-hybridized carbons (Fsp3) is 0.364. The van der Waals surface area contributed by atoms with E-state index < -0.39 is 0 Å². The van der Waals surface area contributed by atoms with E-state index in [2.05, 4.69) is 10.6 Å². The first kappa shape index (κ1) is 19.0. The van der Waals surface area contributed by atoms with Gasteiger partial charge in [0, 0.05) is 22.9 Å². The van der Waals surface area contributed by atoms with E-state index in [-0.39, 0.29) is 17.9 Å². The number of nitrogens with one attached hydrogen (secondary N) is 2. The van der Waals surface area contributed by atoms with Crippen LogP contribution in [-0.2, 0) is 0 Å². The van der Waals surface area contributed by atoms with E-state index in [4.69, 9.17) is 4.74 Å². The number of hydrogen-bond donors (Lipinski definition) is 2. The highest BCUT2D eigenvalue weighted by Crippen LogP contribution is 2.19. The van der Waals surface area contributed by atoms with Crippen LogP contribution in [0.5, 0.6) is 5.75 Å². The van der Waals surface area contributed by atoms with Crippen molar-refractivity contribution in [1.29, 1.82) is 0 Å². The molecule has 2 amide bonds. The van der Waals surface area contributed by atoms with Crippen molar-refractivity contribution in [3.63, 3.8) is 0 Å². The summed E-state index contributed by atoms with van der Waals surface area (Å²) in [6.07, 6.45) is 5.63. The lowest BCUT2D eigenvalue weighted by molar-refractivity contribution is 0.0927. The first-order valence-corrected chi connectivity index (χ1v) is 9.61. The second-order valence-electron chi connectivity index (χ2n) is 6.80. The molecule has 0 spiro atoms. The number of carbonyl (C=O) groups excluding carboxylic acids is 2. The van der Waals surface area contributed by atoms with E-state index in [1.807, 2.05) is 19.1 Å². The van der Waals surface area contributed by atoms with Crippen LogP contribution < -0.4 is 15.4 Å². The molecule has 0 aromatic heterocycles. The Balaban J connectivity index is 1.63. The fourth-order valence-electron chi connectivity index (χ4n) is 3.32. The highest BCUT2D eigenvalue weighted by molar-refractivity contribution is 6.06. The van der Waals surface area contributed by atoms with Crippen LogP contribution >= 0.6 is 0 Å². The maximum absolute atomic E-state index is 12.5. The molecule has 1 aliphatic carbocycles. The van der Waals surface area contributed by atoms with Crippen LogP contribution in [0, 0.1) is 0 Å². The summed E-state index contributed by atoms with van der Waals surface area (Å²) in [5.41, 5.74) is 1.65. The van der Waals surface area contributed by atoms with Gasteiger partial charge in [0.2, 0.25) is 0 Å². The minimum atomic E-state index is -0.244. The number of anilines is 1. The molecule has 0 radical (unpaired) electrons. The van der Waals surface area contributed by atoms with E-state index in [1.54, 1.807) is 36.4 Å². The molecule has 5 heteroatoms. The molecule has 2 N–H and O–H groups in total. The second-order valence-corrected chi connectivity index (χ2v) is 6.80. The Hall–Kier alpha value is -2.82. The Morgan fingerprint density at radius 1 is 0.963 bits per heavy atom. The predicted molar refractivity (Wildman–Crippen MR) is 106 cm³/mol. The number of hydrogen-bond acceptors (Lipinski definition) is 3. The Kier molecular flexibility index (Phi) is 6.47. The van der Waals surface area contributed by atoms with E-state index >= 15 is 0 Å². The smallest absolute Gasteiger partial charge is 0.255 e. The number of rotatable bonds is 6. The summed E-state index contributed by atoms with van der Waals surface area (Å²) >= 11 is 0. The van der Waals surface area contributed by atoms with Crippen molar-refractivity contribution in [2.45, 2.75) is 45.1 Å². The summed E-state index contributed by atoms with van der Waals surface area (Å²) in [5, 5.41) is 5.93. The highest BCUT2D eigenvalue weighted by atomic mass is 16.5. The fourth-order valence-corrected chi connectivity index (χ4v) is 3.32. The average molecular weight is 366 g/mol. The summed E-state index contributed by atoms with van der Waals surface area (Å²) in [6, 6.07) is 14.3. The van der Waals surface area contributed by atoms with Crippen molar-refractivity contribution in [2.75, 3.05) is 11.9 Å². The summed E-state index contributed by atoms with van der Waals surface area (Å²) in [6.45, 7) is 2.52. The van der Waals surface area contributed by atoms with Crippen LogP contribution in [0.25, 0.3) is 0 Å². The molecule has 1 fully saturated rings. The molecule has 1 aliphatic rings. The van der Waals surface area contributed by atoms with Gasteiger partial charge >= 0.3 is 0 Å². The molecule has 2 aromatic rings. The number of amides is 2. The summed E-state index contributed by atoms with van der Waals surface area (Å²) in [4.78, 5) is 25.0. The summed E-state index contributed by atoms with van der Waals surface area (Å²) in [7, 11) is 0. The molecular formula is C22H26N2O3. The van der Waals surface area contributed by atoms with Gasteiger partial charge in [-0.15, -0.1) is 0 Å². The summed E-state index contributed by atoms with van der Waals surface area (Å²) in [5.74, 6) is 0.404. The van der Waals surface area contributed by atoms with E-state index in [9.17, 15) is 9.59 Å². The van der Waals surface area contributed by atoms with E-state index in [0.29, 0.717) is 23.4 Å². The van der Waals surface area contributed by atoms with E-state index in [1.165, 1.54) is 6.42 Å². The van der Waals surface area contributed by atoms with Gasteiger partial charge in [0.1, 0.15) is 5.75 Å². The Morgan fingerprint density at radius 2 is 1.63 bits per heavy atom. The van der Waals surface area contributed by atoms with Crippen LogP contribution in [0.1, 0.15) is 59.7 Å². The Bertz CT molecular complexity index is 780. The average Bonchev–Trinajstić information content (AvgIpc) is 2.70. The van der Waals surface area contributed by atoms with Crippen molar-refractivity contribution < 1.29 is 14.3 Å². The van der Waals surface area contributed by atoms with Crippen LogP contribution in [0.2, 0.25) is 0 Å². The molecule has 0 unspecified atom stereocenters. The quantitative estimate of drug-likeness (QED) is 0.796. The zero-order chi connectivity index (χ0) is 19.1. The topological polar surface area (TPSA) is 67.4 Å². The zero-order valence-electron chi connectivity index (χ0n) is 15.7. The number of benzene rings is 2. The minimum absolute atomic E-state index is 0.113. The number of carbonyl (C=O) groups is 2. The van der Waals surface area contributed by atoms with Crippen molar-refractivity contribution in [3.05, 3.63) is 59.7 Å². The van der Waals surface area contributed by atoms with Gasteiger partial charge in [0.15, 0.2) is 0 Å². The monoisotopic (exact) mass is 366 g/mol. The van der Waals surface area contributed by atoms with Gasteiger partial charge in [-0.05, 0) is 62.2 Å². The Morgan fingerprint density at radius 3 is 2.30 bits per heavy atom. The molecule has 0 atom stereocenters. The van der Waals surface area contributed by atoms with Crippen molar-refractivity contribution in [3.8, 4) is 5.75 Å². The first-order chi connectivity index (χ1) is 13.2. The van der Waals surface area contributed by atoms with Gasteiger partial charge in [-0.3, -0.25) is 9.59 Å². The molecule has 0 saturated heterocycles. The van der Waals surface area contributed by atoms with Gasteiger partial charge in [0.25, 0.3) is 11.8 Å². The zero-order valence-corrected chi connectivity index (χ0v) is 15.7. The van der Waals surface area contributed by atoms with Gasteiger partial charge in [-0.2, -0.15) is 0 Å². The molecule has 0 aliphatic heterocycles. The molecule has 27 heavy (non-hydrogen) atoms. The third-order valence-electron chi connectivity index (χ3n) is 4.75. The summed E-state index contributed by atoms with van der Waals surface area (Å²) < 4.78 is 5.40. The third kappa shape index (κ3) is 5.33. The van der Waals surface area contributed by atoms with Crippen molar-refractivity contribution in [1.82, 2.24) is 5.32 Å². The molecule has 2 aromatic carbocycles. The lowest BCUT2D eigenvalue weighted by atomic mass is 9.95. The van der Waals surface area contributed by atoms with Crippen LogP contribution in [0.4, 0.5) is 5.69 Å². The maximum Gasteiger partial charge on any atom is 0.255 e. The van der Waals surface area contributed by atoms with Crippen LogP contribution in [0.15, 0.2) is 48.5 Å². The second kappa shape index (κ2) is 9.21. The molecule has 0 bridgehead atoms. The first-order valence-electron chi connectivity index (χ1n) is 9.61. The molecular weight excluding hydrogens is 340 g/mol. The lowest BCUT2D eigenvalue weighted by Crippen LogP contribution is -2.36. The SMILES string of the molecule is CCOc1ccc(NC(=O)c2cccc(C(=O)NC3CCCCC3)c2)cc1. The minimum Gasteiger partial charge on any atom is -0.494 e. The highest BCUT2D eigenvalue weighted by Gasteiger charge is 2.17. The van der Waals surface area contributed by atoms with Gasteiger partial charge in [0.05, 0.1) is 6.61 Å². The largest absolute Gasteiger partial charge is 0.494 e. The molecule has 142 valence electrons. The standard InChI is InChI=1S/C22H26N2O3/c1-2-27-20-13-11-19(12-14-20)24-22(26)17-8-6-7-16(15-17)21(25)23-18-9-4-3-5-10-18/h6-8,11-15,18H,2-5,9-10H2,1H3,(H,23,25)(H,24,26). The van der Waals surface area contributed by atoms with Crippen LogP contribution in [0.3, 0.4) is 0 Å². The van der Waals surface area contributed by atoms with E-state index in [0.717, 1.165) is 31.4 Å². The van der Waals surface area contributed by atoms with Gasteiger partial charge in [-0.25, -0.2) is 0 Å². The normalized spacial score (nSPS) is 14.4. The lowest BCUT2D eigenvalue weighted by Gasteiger charge is -2.22.